The van der Waals surface area contributed by atoms with Gasteiger partial charge in [0.25, 0.3) is 10.0 Å². The van der Waals surface area contributed by atoms with Crippen LogP contribution in [0, 0.1) is 5.82 Å². The van der Waals surface area contributed by atoms with E-state index in [1.807, 2.05) is 0 Å². The summed E-state index contributed by atoms with van der Waals surface area (Å²) in [6.07, 6.45) is 0. The highest BCUT2D eigenvalue weighted by Crippen LogP contribution is 2.38. The minimum atomic E-state index is -4.15. The zero-order chi connectivity index (χ0) is 19.8. The van der Waals surface area contributed by atoms with Crippen LogP contribution < -0.4 is 14.2 Å². The smallest absolute Gasteiger partial charge is 0.354 e. The quantitative estimate of drug-likeness (QED) is 0.592. The van der Waals surface area contributed by atoms with Crippen LogP contribution in [0.4, 0.5) is 10.1 Å². The summed E-state index contributed by atoms with van der Waals surface area (Å²) in [6.45, 7) is 0. The molecule has 0 fully saturated rings. The molecule has 0 radical (unpaired) electrons. The fraction of sp³-hybridized carbons (Fsp3) is 0.118. The van der Waals surface area contributed by atoms with Crippen molar-refractivity contribution in [3.8, 4) is 11.5 Å². The molecule has 3 aromatic rings. The molecule has 3 rings (SSSR count). The maximum absolute atomic E-state index is 13.1. The van der Waals surface area contributed by atoms with Crippen molar-refractivity contribution in [1.29, 1.82) is 0 Å². The van der Waals surface area contributed by atoms with E-state index in [0.29, 0.717) is 17.0 Å². The molecule has 10 heteroatoms. The van der Waals surface area contributed by atoms with Gasteiger partial charge in [0.1, 0.15) is 11.5 Å². The third-order valence-electron chi connectivity index (χ3n) is 3.88. The minimum absolute atomic E-state index is 0.164. The van der Waals surface area contributed by atoms with E-state index < -0.39 is 21.8 Å². The van der Waals surface area contributed by atoms with E-state index in [1.54, 1.807) is 0 Å². The largest absolute Gasteiger partial charge is 0.493 e. The summed E-state index contributed by atoms with van der Waals surface area (Å²) in [4.78, 5) is 14.0. The van der Waals surface area contributed by atoms with Crippen LogP contribution in [0.3, 0.4) is 0 Å². The Morgan fingerprint density at radius 3 is 2.26 bits per heavy atom. The van der Waals surface area contributed by atoms with E-state index >= 15 is 0 Å². The first-order valence-electron chi connectivity index (χ1n) is 7.56. The number of methoxy groups -OCH3 is 2. The first-order valence-corrected chi connectivity index (χ1v) is 9.04. The fourth-order valence-electron chi connectivity index (χ4n) is 2.59. The van der Waals surface area contributed by atoms with Crippen LogP contribution in [0.25, 0.3) is 10.9 Å². The van der Waals surface area contributed by atoms with Crippen LogP contribution in [0.5, 0.6) is 11.5 Å². The molecule has 0 atom stereocenters. The number of fused-ring (bicyclic) bond motifs is 1. The van der Waals surface area contributed by atoms with Crippen LogP contribution in [0.15, 0.2) is 41.3 Å². The van der Waals surface area contributed by atoms with E-state index in [9.17, 15) is 22.7 Å². The zero-order valence-electron chi connectivity index (χ0n) is 14.2. The first kappa shape index (κ1) is 18.5. The second-order valence-electron chi connectivity index (χ2n) is 5.49. The van der Waals surface area contributed by atoms with Crippen molar-refractivity contribution in [2.45, 2.75) is 4.90 Å². The van der Waals surface area contributed by atoms with E-state index in [1.165, 1.54) is 26.4 Å². The Bertz CT molecular complexity index is 1120. The van der Waals surface area contributed by atoms with Crippen LogP contribution in [0.1, 0.15) is 10.5 Å². The predicted octanol–water partition coefficient (Wildman–Crippen LogP) is 2.82. The Labute approximate surface area is 153 Å². The van der Waals surface area contributed by atoms with Crippen LogP contribution in [0.2, 0.25) is 0 Å². The summed E-state index contributed by atoms with van der Waals surface area (Å²) >= 11 is 0. The number of anilines is 1. The number of aromatic amines is 1. The molecular weight excluding hydrogens is 379 g/mol. The fourth-order valence-corrected chi connectivity index (χ4v) is 3.69. The van der Waals surface area contributed by atoms with E-state index in [0.717, 1.165) is 24.3 Å². The Hall–Kier alpha value is -3.27. The normalized spacial score (nSPS) is 11.4. The summed E-state index contributed by atoms with van der Waals surface area (Å²) in [5, 5.41) is 9.72. The highest BCUT2D eigenvalue weighted by Gasteiger charge is 2.24. The van der Waals surface area contributed by atoms with E-state index in [4.69, 9.17) is 9.47 Å². The molecule has 2 aromatic carbocycles. The van der Waals surface area contributed by atoms with E-state index in [-0.39, 0.29) is 21.7 Å². The van der Waals surface area contributed by atoms with Gasteiger partial charge in [-0.3, -0.25) is 4.72 Å². The van der Waals surface area contributed by atoms with Gasteiger partial charge in [0.05, 0.1) is 30.3 Å². The number of carboxylic acid groups (broad SMARTS) is 1. The number of rotatable bonds is 6. The number of carbonyl (C=O) groups is 1. The number of carboxylic acids is 1. The van der Waals surface area contributed by atoms with Crippen molar-refractivity contribution >= 4 is 32.6 Å². The van der Waals surface area contributed by atoms with Crippen LogP contribution >= 0.6 is 0 Å². The number of halogens is 1. The van der Waals surface area contributed by atoms with Gasteiger partial charge in [-0.05, 0) is 30.3 Å². The van der Waals surface area contributed by atoms with Gasteiger partial charge in [-0.25, -0.2) is 17.6 Å². The molecule has 3 N–H and O–H groups in total. The molecule has 0 spiro atoms. The Kier molecular flexibility index (Phi) is 4.66. The molecule has 0 amide bonds. The summed E-state index contributed by atoms with van der Waals surface area (Å²) in [7, 11) is -1.34. The molecule has 0 aliphatic rings. The molecule has 0 unspecified atom stereocenters. The molecule has 0 aliphatic carbocycles. The van der Waals surface area contributed by atoms with Crippen molar-refractivity contribution in [3.63, 3.8) is 0 Å². The molecule has 8 nitrogen and oxygen atoms in total. The number of aromatic nitrogens is 1. The number of sulfonamides is 1. The number of benzene rings is 2. The third-order valence-corrected chi connectivity index (χ3v) is 5.24. The molecule has 142 valence electrons. The molecule has 0 saturated carbocycles. The van der Waals surface area contributed by atoms with Gasteiger partial charge < -0.3 is 19.6 Å². The van der Waals surface area contributed by atoms with Gasteiger partial charge in [0, 0.05) is 11.5 Å². The van der Waals surface area contributed by atoms with Gasteiger partial charge in [0.15, 0.2) is 11.5 Å². The van der Waals surface area contributed by atoms with Gasteiger partial charge in [-0.2, -0.15) is 0 Å². The topological polar surface area (TPSA) is 118 Å². The van der Waals surface area contributed by atoms with Crippen LogP contribution in [-0.2, 0) is 10.0 Å². The number of hydrogen-bond acceptors (Lipinski definition) is 5. The van der Waals surface area contributed by atoms with Crippen molar-refractivity contribution in [3.05, 3.63) is 47.9 Å². The number of H-pyrrole nitrogens is 1. The zero-order valence-corrected chi connectivity index (χ0v) is 15.1. The molecule has 0 aliphatic heterocycles. The minimum Gasteiger partial charge on any atom is -0.493 e. The lowest BCUT2D eigenvalue weighted by Crippen LogP contribution is -2.15. The molecule has 0 bridgehead atoms. The van der Waals surface area contributed by atoms with Crippen molar-refractivity contribution in [1.82, 2.24) is 4.98 Å². The number of aromatic carboxylic acids is 1. The molecule has 0 saturated heterocycles. The highest BCUT2D eigenvalue weighted by molar-refractivity contribution is 7.92. The summed E-state index contributed by atoms with van der Waals surface area (Å²) in [6, 6.07) is 7.11. The number of ether oxygens (including phenoxy) is 2. The average molecular weight is 394 g/mol. The lowest BCUT2D eigenvalue weighted by molar-refractivity contribution is 0.0692. The molecule has 27 heavy (non-hydrogen) atoms. The molecular formula is C17H15FN2O6S. The second kappa shape index (κ2) is 6.80. The summed E-state index contributed by atoms with van der Waals surface area (Å²) < 4.78 is 50.9. The first-order chi connectivity index (χ1) is 12.8. The molecule has 1 heterocycles. The van der Waals surface area contributed by atoms with Crippen molar-refractivity contribution in [2.75, 3.05) is 18.9 Å². The number of hydrogen-bond donors (Lipinski definition) is 3. The summed E-state index contributed by atoms with van der Waals surface area (Å²) in [5.74, 6) is -1.32. The third kappa shape index (κ3) is 3.38. The monoisotopic (exact) mass is 394 g/mol. The standard InChI is InChI=1S/C17H15FN2O6S/c1-25-13-7-11-12(8-14(13)26-2)19-16(17(21)22)15(11)20-27(23,24)10-5-3-9(18)4-6-10/h3-8,19-20H,1-2H3,(H,21,22). The van der Waals surface area contributed by atoms with Crippen molar-refractivity contribution < 1.29 is 32.2 Å². The Morgan fingerprint density at radius 1 is 1.11 bits per heavy atom. The van der Waals surface area contributed by atoms with E-state index in [2.05, 4.69) is 9.71 Å². The maximum Gasteiger partial charge on any atom is 0.354 e. The maximum atomic E-state index is 13.1. The predicted molar refractivity (Wildman–Crippen MR) is 95.6 cm³/mol. The van der Waals surface area contributed by atoms with Gasteiger partial charge in [-0.15, -0.1) is 0 Å². The Balaban J connectivity index is 2.18. The SMILES string of the molecule is COc1cc2[nH]c(C(=O)O)c(NS(=O)(=O)c3ccc(F)cc3)c2cc1OC. The van der Waals surface area contributed by atoms with Crippen molar-refractivity contribution in [2.24, 2.45) is 0 Å². The Morgan fingerprint density at radius 2 is 1.70 bits per heavy atom. The summed E-state index contributed by atoms with van der Waals surface area (Å²) in [5.41, 5.74) is -0.185. The second-order valence-corrected chi connectivity index (χ2v) is 7.17. The average Bonchev–Trinajstić information content (AvgIpc) is 2.98. The highest BCUT2D eigenvalue weighted by atomic mass is 32.2. The molecule has 1 aromatic heterocycles. The van der Waals surface area contributed by atoms with Gasteiger partial charge in [0.2, 0.25) is 0 Å². The van der Waals surface area contributed by atoms with Crippen LogP contribution in [-0.4, -0.2) is 38.7 Å². The van der Waals surface area contributed by atoms with Gasteiger partial charge >= 0.3 is 5.97 Å². The number of nitrogens with one attached hydrogen (secondary N) is 2. The lowest BCUT2D eigenvalue weighted by atomic mass is 10.2. The van der Waals surface area contributed by atoms with Gasteiger partial charge in [-0.1, -0.05) is 0 Å². The lowest BCUT2D eigenvalue weighted by Gasteiger charge is -2.10.